The van der Waals surface area contributed by atoms with Crippen LogP contribution in [0.4, 0.5) is 4.39 Å². The molecule has 0 spiro atoms. The van der Waals surface area contributed by atoms with Crippen molar-refractivity contribution in [2.24, 2.45) is 0 Å². The fourth-order valence-electron chi connectivity index (χ4n) is 2.48. The van der Waals surface area contributed by atoms with Crippen LogP contribution in [0.5, 0.6) is 0 Å². The normalized spacial score (nSPS) is 12.5. The summed E-state index contributed by atoms with van der Waals surface area (Å²) in [6, 6.07) is 9.06. The summed E-state index contributed by atoms with van der Waals surface area (Å²) in [5.74, 6) is -0.255. The van der Waals surface area contributed by atoms with Crippen molar-refractivity contribution < 1.29 is 4.39 Å². The number of nitrogens with one attached hydrogen (secondary N) is 1. The van der Waals surface area contributed by atoms with Gasteiger partial charge in [-0.05, 0) is 62.2 Å². The van der Waals surface area contributed by atoms with Crippen molar-refractivity contribution in [3.8, 4) is 0 Å². The fraction of sp³-hybridized carbons (Fsp3) is 0.294. The fourth-order valence-corrected chi connectivity index (χ4v) is 3.18. The molecule has 112 valence electrons. The first-order valence-electron chi connectivity index (χ1n) is 6.80. The molecule has 0 aliphatic rings. The van der Waals surface area contributed by atoms with Crippen molar-refractivity contribution >= 4 is 27.5 Å². The molecule has 1 N–H and O–H groups in total. The van der Waals surface area contributed by atoms with Gasteiger partial charge in [0.05, 0.1) is 0 Å². The zero-order chi connectivity index (χ0) is 15.6. The topological polar surface area (TPSA) is 12.0 Å². The molecule has 21 heavy (non-hydrogen) atoms. The van der Waals surface area contributed by atoms with E-state index in [1.165, 1.54) is 11.6 Å². The van der Waals surface area contributed by atoms with E-state index in [0.717, 1.165) is 15.6 Å². The van der Waals surface area contributed by atoms with Crippen molar-refractivity contribution in [2.75, 3.05) is 7.05 Å². The molecule has 1 atom stereocenters. The van der Waals surface area contributed by atoms with Crippen molar-refractivity contribution in [2.45, 2.75) is 26.3 Å². The largest absolute Gasteiger partial charge is 0.313 e. The van der Waals surface area contributed by atoms with E-state index in [9.17, 15) is 4.39 Å². The number of rotatable bonds is 4. The first-order chi connectivity index (χ1) is 9.93. The lowest BCUT2D eigenvalue weighted by Gasteiger charge is -2.21. The van der Waals surface area contributed by atoms with Crippen LogP contribution in [0.15, 0.2) is 34.8 Å². The van der Waals surface area contributed by atoms with Crippen LogP contribution in [0.2, 0.25) is 5.02 Å². The molecule has 0 amide bonds. The highest BCUT2D eigenvalue weighted by Gasteiger charge is 2.17. The van der Waals surface area contributed by atoms with E-state index in [-0.39, 0.29) is 11.9 Å². The Kier molecular flexibility index (Phi) is 5.42. The lowest BCUT2D eigenvalue weighted by Crippen LogP contribution is -2.20. The quantitative estimate of drug-likeness (QED) is 0.764. The highest BCUT2D eigenvalue weighted by molar-refractivity contribution is 9.10. The Morgan fingerprint density at radius 1 is 1.24 bits per heavy atom. The predicted octanol–water partition coefficient (Wildman–Crippen LogP) is 5.36. The summed E-state index contributed by atoms with van der Waals surface area (Å²) in [5.41, 5.74) is 4.05. The van der Waals surface area contributed by atoms with Gasteiger partial charge in [-0.25, -0.2) is 4.39 Å². The maximum atomic E-state index is 14.0. The Morgan fingerprint density at radius 3 is 2.57 bits per heavy atom. The zero-order valence-corrected chi connectivity index (χ0v) is 14.6. The molecule has 1 nitrogen and oxygen atoms in total. The van der Waals surface area contributed by atoms with Crippen molar-refractivity contribution in [1.82, 2.24) is 5.32 Å². The van der Waals surface area contributed by atoms with Crippen molar-refractivity contribution in [1.29, 1.82) is 0 Å². The van der Waals surface area contributed by atoms with Gasteiger partial charge >= 0.3 is 0 Å². The molecule has 0 heterocycles. The van der Waals surface area contributed by atoms with Crippen molar-refractivity contribution in [3.05, 3.63) is 67.9 Å². The highest BCUT2D eigenvalue weighted by atomic mass is 79.9. The summed E-state index contributed by atoms with van der Waals surface area (Å²) >= 11 is 9.68. The van der Waals surface area contributed by atoms with Gasteiger partial charge in [0.1, 0.15) is 5.82 Å². The first kappa shape index (κ1) is 16.5. The minimum Gasteiger partial charge on any atom is -0.313 e. The average molecular weight is 371 g/mol. The molecular weight excluding hydrogens is 353 g/mol. The maximum absolute atomic E-state index is 14.0. The Balaban J connectivity index is 2.39. The van der Waals surface area contributed by atoms with Gasteiger partial charge in [0, 0.05) is 21.1 Å². The van der Waals surface area contributed by atoms with Crippen LogP contribution in [0.25, 0.3) is 0 Å². The van der Waals surface area contributed by atoms with E-state index in [1.54, 1.807) is 12.1 Å². The molecule has 2 rings (SSSR count). The number of hydrogen-bond acceptors (Lipinski definition) is 1. The van der Waals surface area contributed by atoms with Crippen LogP contribution in [0.3, 0.4) is 0 Å². The Hall–Kier alpha value is -0.900. The Bertz CT molecular complexity index is 637. The molecular formula is C17H18BrClFN. The third-order valence-electron chi connectivity index (χ3n) is 3.74. The number of hydrogen-bond donors (Lipinski definition) is 1. The Morgan fingerprint density at radius 2 is 1.95 bits per heavy atom. The van der Waals surface area contributed by atoms with E-state index >= 15 is 0 Å². The summed E-state index contributed by atoms with van der Waals surface area (Å²) in [7, 11) is 1.89. The van der Waals surface area contributed by atoms with E-state index in [2.05, 4.69) is 47.2 Å². The monoisotopic (exact) mass is 369 g/mol. The molecule has 4 heteroatoms. The van der Waals surface area contributed by atoms with E-state index in [4.69, 9.17) is 11.6 Å². The molecule has 2 aromatic rings. The van der Waals surface area contributed by atoms with Crippen LogP contribution in [-0.4, -0.2) is 7.05 Å². The molecule has 0 saturated heterocycles. The number of benzene rings is 2. The predicted molar refractivity (Wildman–Crippen MR) is 90.5 cm³/mol. The summed E-state index contributed by atoms with van der Waals surface area (Å²) < 4.78 is 15.1. The number of likely N-dealkylation sites (N-methyl/N-ethyl adjacent to an activating group) is 1. The maximum Gasteiger partial charge on any atom is 0.127 e. The van der Waals surface area contributed by atoms with Gasteiger partial charge < -0.3 is 5.32 Å². The molecule has 1 unspecified atom stereocenters. The third-order valence-corrected chi connectivity index (χ3v) is 4.95. The molecule has 2 aromatic carbocycles. The SMILES string of the molecule is CNC(Cc1c(F)cccc1Cl)c1cc(C)c(Br)cc1C. The summed E-state index contributed by atoms with van der Waals surface area (Å²) in [5, 5.41) is 3.74. The van der Waals surface area contributed by atoms with Gasteiger partial charge in [0.2, 0.25) is 0 Å². The van der Waals surface area contributed by atoms with Crippen molar-refractivity contribution in [3.63, 3.8) is 0 Å². The molecule has 0 aliphatic carbocycles. The smallest absolute Gasteiger partial charge is 0.127 e. The molecule has 0 radical (unpaired) electrons. The van der Waals surface area contributed by atoms with Gasteiger partial charge in [-0.3, -0.25) is 0 Å². The van der Waals surface area contributed by atoms with Gasteiger partial charge in [-0.2, -0.15) is 0 Å². The van der Waals surface area contributed by atoms with Crippen LogP contribution < -0.4 is 5.32 Å². The molecule has 0 saturated carbocycles. The van der Waals surface area contributed by atoms with Gasteiger partial charge in [0.25, 0.3) is 0 Å². The molecule has 0 aliphatic heterocycles. The number of halogens is 3. The van der Waals surface area contributed by atoms with Gasteiger partial charge in [0.15, 0.2) is 0 Å². The van der Waals surface area contributed by atoms with Gasteiger partial charge in [-0.15, -0.1) is 0 Å². The molecule has 0 aromatic heterocycles. The average Bonchev–Trinajstić information content (AvgIpc) is 2.43. The highest BCUT2D eigenvalue weighted by Crippen LogP contribution is 2.30. The molecule has 0 bridgehead atoms. The number of aryl methyl sites for hydroxylation is 2. The summed E-state index contributed by atoms with van der Waals surface area (Å²) in [6.07, 6.45) is 0.518. The van der Waals surface area contributed by atoms with Crippen LogP contribution >= 0.6 is 27.5 Å². The second kappa shape index (κ2) is 6.91. The van der Waals surface area contributed by atoms with Crippen LogP contribution in [-0.2, 0) is 6.42 Å². The second-order valence-electron chi connectivity index (χ2n) is 5.20. The van der Waals surface area contributed by atoms with E-state index in [1.807, 2.05) is 7.05 Å². The second-order valence-corrected chi connectivity index (χ2v) is 6.47. The summed E-state index contributed by atoms with van der Waals surface area (Å²) in [6.45, 7) is 4.11. The Labute approximate surface area is 138 Å². The lowest BCUT2D eigenvalue weighted by molar-refractivity contribution is 0.552. The van der Waals surface area contributed by atoms with E-state index < -0.39 is 0 Å². The zero-order valence-electron chi connectivity index (χ0n) is 12.3. The molecule has 0 fully saturated rings. The minimum atomic E-state index is -0.255. The first-order valence-corrected chi connectivity index (χ1v) is 7.98. The summed E-state index contributed by atoms with van der Waals surface area (Å²) in [4.78, 5) is 0. The van der Waals surface area contributed by atoms with Crippen LogP contribution in [0.1, 0.15) is 28.3 Å². The van der Waals surface area contributed by atoms with Crippen LogP contribution in [0, 0.1) is 19.7 Å². The lowest BCUT2D eigenvalue weighted by atomic mass is 9.94. The minimum absolute atomic E-state index is 0.0196. The van der Waals surface area contributed by atoms with E-state index in [0.29, 0.717) is 17.0 Å². The standard InChI is InChI=1S/C17H18BrClFN/c1-10-8-14(18)11(2)7-12(10)17(21-3)9-13-15(19)5-4-6-16(13)20/h4-8,17,21H,9H2,1-3H3. The third kappa shape index (κ3) is 3.65. The van der Waals surface area contributed by atoms with Gasteiger partial charge in [-0.1, -0.05) is 39.7 Å².